The number of urea groups is 1. The van der Waals surface area contributed by atoms with Gasteiger partial charge in [0.15, 0.2) is 5.79 Å². The van der Waals surface area contributed by atoms with Gasteiger partial charge in [-0.05, 0) is 24.0 Å². The molecule has 2 amide bonds. The Bertz CT molecular complexity index is 572. The zero-order valence-corrected chi connectivity index (χ0v) is 10.9. The smallest absolute Gasteiger partial charge is 0.316 e. The normalized spacial score (nSPS) is 21.3. The van der Waals surface area contributed by atoms with E-state index in [4.69, 9.17) is 21.4 Å². The highest BCUT2D eigenvalue weighted by Crippen LogP contribution is 2.47. The molecule has 0 spiro atoms. The molecule has 7 heteroatoms. The molecule has 0 saturated carbocycles. The molecular formula is C13H14B2N2O3. The molecular weight excluding hydrogens is 254 g/mol. The Morgan fingerprint density at radius 2 is 1.80 bits per heavy atom. The summed E-state index contributed by atoms with van der Waals surface area (Å²) >= 11 is 0. The van der Waals surface area contributed by atoms with Gasteiger partial charge in [-0.3, -0.25) is 0 Å². The van der Waals surface area contributed by atoms with E-state index in [1.807, 2.05) is 0 Å². The number of benzene rings is 1. The Labute approximate surface area is 119 Å². The van der Waals surface area contributed by atoms with E-state index in [-0.39, 0.29) is 6.42 Å². The monoisotopic (exact) mass is 268 g/mol. The number of aliphatic hydroxyl groups is 2. The number of nitrogens with two attached hydrogens (primary N) is 1. The highest BCUT2D eigenvalue weighted by Gasteiger charge is 2.41. The molecule has 0 unspecified atom stereocenters. The molecule has 0 fully saturated rings. The molecule has 0 bridgehead atoms. The number of fused-ring (bicyclic) bond motifs is 2. The Hall–Kier alpha value is -1.46. The zero-order chi connectivity index (χ0) is 14.7. The molecule has 0 heterocycles. The average Bonchev–Trinajstić information content (AvgIpc) is 2.78. The highest BCUT2D eigenvalue weighted by atomic mass is 16.5. The van der Waals surface area contributed by atoms with E-state index < -0.39 is 17.0 Å². The first-order chi connectivity index (χ1) is 9.22. The van der Waals surface area contributed by atoms with Gasteiger partial charge < -0.3 is 21.3 Å². The Balaban J connectivity index is 2.26. The molecule has 2 aliphatic carbocycles. The van der Waals surface area contributed by atoms with E-state index in [9.17, 15) is 15.0 Å². The van der Waals surface area contributed by atoms with Gasteiger partial charge in [0.1, 0.15) is 0 Å². The van der Waals surface area contributed by atoms with Crippen LogP contribution in [0.1, 0.15) is 35.1 Å². The summed E-state index contributed by atoms with van der Waals surface area (Å²) < 4.78 is 0. The lowest BCUT2D eigenvalue weighted by molar-refractivity contribution is -0.166. The minimum atomic E-state index is -1.92. The SMILES string of the molecule is [B]C1([B])CCc2c1cc1c(c2NC(N)=O)CCC1(O)O. The molecule has 0 saturated heterocycles. The molecule has 0 atom stereocenters. The van der Waals surface area contributed by atoms with Crippen LogP contribution in [0.15, 0.2) is 6.07 Å². The van der Waals surface area contributed by atoms with Crippen LogP contribution in [0.4, 0.5) is 10.5 Å². The van der Waals surface area contributed by atoms with Gasteiger partial charge in [-0.1, -0.05) is 23.3 Å². The zero-order valence-electron chi connectivity index (χ0n) is 10.9. The maximum Gasteiger partial charge on any atom is 0.316 e. The number of carbonyl (C=O) groups excluding carboxylic acids is 1. The summed E-state index contributed by atoms with van der Waals surface area (Å²) in [5.74, 6) is -1.92. The molecule has 5 N–H and O–H groups in total. The molecule has 5 nitrogen and oxygen atoms in total. The first-order valence-electron chi connectivity index (χ1n) is 6.51. The summed E-state index contributed by atoms with van der Waals surface area (Å²) in [4.78, 5) is 11.2. The van der Waals surface area contributed by atoms with E-state index in [1.165, 1.54) is 0 Å². The number of amides is 2. The third kappa shape index (κ3) is 1.84. The summed E-state index contributed by atoms with van der Waals surface area (Å²) in [6, 6.07) is 0.956. The topological polar surface area (TPSA) is 95.6 Å². The highest BCUT2D eigenvalue weighted by molar-refractivity contribution is 6.40. The number of anilines is 1. The van der Waals surface area contributed by atoms with Crippen molar-refractivity contribution in [2.75, 3.05) is 5.32 Å². The van der Waals surface area contributed by atoms with E-state index in [0.29, 0.717) is 41.6 Å². The fourth-order valence-corrected chi connectivity index (χ4v) is 3.24. The van der Waals surface area contributed by atoms with Crippen LogP contribution in [0.25, 0.3) is 0 Å². The van der Waals surface area contributed by atoms with Crippen molar-refractivity contribution in [2.24, 2.45) is 5.73 Å². The second-order valence-electron chi connectivity index (χ2n) is 5.65. The first kappa shape index (κ1) is 13.5. The van der Waals surface area contributed by atoms with Gasteiger partial charge in [-0.2, -0.15) is 0 Å². The molecule has 100 valence electrons. The minimum Gasteiger partial charge on any atom is -0.362 e. The maximum atomic E-state index is 11.2. The Kier molecular flexibility index (Phi) is 2.72. The van der Waals surface area contributed by atoms with E-state index in [1.54, 1.807) is 6.07 Å². The van der Waals surface area contributed by atoms with Crippen molar-refractivity contribution >= 4 is 27.4 Å². The maximum absolute atomic E-state index is 11.2. The number of hydrogen-bond donors (Lipinski definition) is 4. The summed E-state index contributed by atoms with van der Waals surface area (Å²) in [7, 11) is 12.1. The number of rotatable bonds is 1. The molecule has 3 rings (SSSR count). The van der Waals surface area contributed by atoms with Crippen LogP contribution in [-0.4, -0.2) is 31.9 Å². The van der Waals surface area contributed by atoms with Crippen LogP contribution >= 0.6 is 0 Å². The Morgan fingerprint density at radius 3 is 2.45 bits per heavy atom. The van der Waals surface area contributed by atoms with Gasteiger partial charge in [0.05, 0.1) is 15.7 Å². The molecule has 0 aromatic heterocycles. The fraction of sp³-hybridized carbons (Fsp3) is 0.462. The van der Waals surface area contributed by atoms with Crippen molar-refractivity contribution in [3.63, 3.8) is 0 Å². The van der Waals surface area contributed by atoms with Gasteiger partial charge in [-0.15, -0.1) is 0 Å². The third-order valence-corrected chi connectivity index (χ3v) is 4.24. The van der Waals surface area contributed by atoms with Crippen LogP contribution in [0.5, 0.6) is 0 Å². The lowest BCUT2D eigenvalue weighted by Crippen LogP contribution is -2.27. The number of hydrogen-bond acceptors (Lipinski definition) is 3. The van der Waals surface area contributed by atoms with Gasteiger partial charge in [0.25, 0.3) is 0 Å². The molecule has 0 aliphatic heterocycles. The van der Waals surface area contributed by atoms with Gasteiger partial charge in [0, 0.05) is 17.7 Å². The lowest BCUT2D eigenvalue weighted by Gasteiger charge is -2.25. The van der Waals surface area contributed by atoms with E-state index in [2.05, 4.69) is 5.32 Å². The quantitative estimate of drug-likeness (QED) is 0.415. The predicted molar refractivity (Wildman–Crippen MR) is 75.6 cm³/mol. The van der Waals surface area contributed by atoms with Gasteiger partial charge >= 0.3 is 6.03 Å². The summed E-state index contributed by atoms with van der Waals surface area (Å²) in [5, 5.41) is 21.6. The molecule has 20 heavy (non-hydrogen) atoms. The second kappa shape index (κ2) is 4.02. The van der Waals surface area contributed by atoms with Crippen molar-refractivity contribution < 1.29 is 15.0 Å². The number of nitrogens with one attached hydrogen (secondary N) is 1. The summed E-state index contributed by atoms with van der Waals surface area (Å²) in [5.41, 5.74) is 8.27. The van der Waals surface area contributed by atoms with E-state index in [0.717, 1.165) is 5.56 Å². The molecule has 2 aliphatic rings. The van der Waals surface area contributed by atoms with Crippen molar-refractivity contribution in [2.45, 2.75) is 36.7 Å². The summed E-state index contributed by atoms with van der Waals surface area (Å²) in [6.07, 6.45) is 1.77. The largest absolute Gasteiger partial charge is 0.362 e. The van der Waals surface area contributed by atoms with Crippen LogP contribution in [0.2, 0.25) is 0 Å². The van der Waals surface area contributed by atoms with Crippen LogP contribution in [0.3, 0.4) is 0 Å². The third-order valence-electron chi connectivity index (χ3n) is 4.24. The molecule has 1 aromatic carbocycles. The number of carbonyl (C=O) groups is 1. The van der Waals surface area contributed by atoms with Crippen molar-refractivity contribution in [1.82, 2.24) is 0 Å². The molecule has 4 radical (unpaired) electrons. The lowest BCUT2D eigenvalue weighted by atomic mass is 9.51. The van der Waals surface area contributed by atoms with Gasteiger partial charge in [0.2, 0.25) is 0 Å². The summed E-state index contributed by atoms with van der Waals surface area (Å²) in [6.45, 7) is 0. The van der Waals surface area contributed by atoms with Crippen molar-refractivity contribution in [1.29, 1.82) is 0 Å². The molecule has 1 aromatic rings. The van der Waals surface area contributed by atoms with Crippen molar-refractivity contribution in [3.8, 4) is 0 Å². The second-order valence-corrected chi connectivity index (χ2v) is 5.65. The van der Waals surface area contributed by atoms with Crippen LogP contribution in [-0.2, 0) is 23.8 Å². The average molecular weight is 268 g/mol. The van der Waals surface area contributed by atoms with Gasteiger partial charge in [-0.25, -0.2) is 4.79 Å². The Morgan fingerprint density at radius 1 is 1.20 bits per heavy atom. The van der Waals surface area contributed by atoms with E-state index >= 15 is 0 Å². The van der Waals surface area contributed by atoms with Crippen molar-refractivity contribution in [3.05, 3.63) is 28.3 Å². The first-order valence-corrected chi connectivity index (χ1v) is 6.51. The van der Waals surface area contributed by atoms with Crippen LogP contribution in [0, 0.1) is 0 Å². The minimum absolute atomic E-state index is 0.167. The fourth-order valence-electron chi connectivity index (χ4n) is 3.24. The predicted octanol–water partition coefficient (Wildman–Crippen LogP) is -0.303. The van der Waals surface area contributed by atoms with Crippen LogP contribution < -0.4 is 11.1 Å². The standard InChI is InChI=1S/C13H14B2N2O3/c14-12(15)3-1-6-8(12)5-9-7(2-4-13(9,19)20)10(6)17-11(16)18/h5,19-20H,1-4H2,(H3,16,17,18). The number of primary amides is 1.